The van der Waals surface area contributed by atoms with Crippen LogP contribution >= 0.6 is 0 Å². The number of sulfonamides is 1. The number of Topliss-reactive ketones (excluding diaryl/α,β-unsaturated/α-hetero) is 1. The van der Waals surface area contributed by atoms with Gasteiger partial charge in [0, 0.05) is 26.2 Å². The highest BCUT2D eigenvalue weighted by atomic mass is 32.2. The summed E-state index contributed by atoms with van der Waals surface area (Å²) in [4.78, 5) is 67.2. The van der Waals surface area contributed by atoms with Crippen LogP contribution in [0.15, 0.2) is 0 Å². The van der Waals surface area contributed by atoms with Gasteiger partial charge in [-0.1, -0.05) is 67.7 Å². The van der Waals surface area contributed by atoms with Crippen molar-refractivity contribution in [2.24, 2.45) is 40.2 Å². The zero-order valence-electron chi connectivity index (χ0n) is 27.6. The fraction of sp³-hybridized carbons (Fsp3) is 0.833. The number of likely N-dealkylation sites (N-methyl/N-ethyl adjacent to an activating group) is 1. The first kappa shape index (κ1) is 35.7. The van der Waals surface area contributed by atoms with Gasteiger partial charge in [-0.05, 0) is 40.9 Å². The first-order chi connectivity index (χ1) is 20.1. The van der Waals surface area contributed by atoms with E-state index in [-0.39, 0.29) is 35.6 Å². The lowest BCUT2D eigenvalue weighted by molar-refractivity contribution is -0.145. The fourth-order valence-electron chi connectivity index (χ4n) is 6.53. The summed E-state index contributed by atoms with van der Waals surface area (Å²) >= 11 is 0. The lowest BCUT2D eigenvalue weighted by Crippen LogP contribution is -2.62. The molecule has 0 spiro atoms. The highest BCUT2D eigenvalue weighted by Gasteiger charge is 2.70. The van der Waals surface area contributed by atoms with Crippen LogP contribution in [0.2, 0.25) is 0 Å². The molecule has 5 N–H and O–H groups in total. The van der Waals surface area contributed by atoms with Gasteiger partial charge in [0.15, 0.2) is 0 Å². The second kappa shape index (κ2) is 12.9. The highest BCUT2D eigenvalue weighted by Crippen LogP contribution is 2.65. The van der Waals surface area contributed by atoms with E-state index < -0.39 is 69.1 Å². The summed E-state index contributed by atoms with van der Waals surface area (Å²) < 4.78 is 25.1. The van der Waals surface area contributed by atoms with Gasteiger partial charge >= 0.3 is 6.03 Å². The van der Waals surface area contributed by atoms with Gasteiger partial charge < -0.3 is 26.6 Å². The first-order valence-electron chi connectivity index (χ1n) is 15.5. The number of nitrogens with zero attached hydrogens (tertiary/aromatic N) is 2. The third kappa shape index (κ3) is 7.91. The Labute approximate surface area is 261 Å². The number of rotatable bonds is 13. The van der Waals surface area contributed by atoms with Gasteiger partial charge in [-0.2, -0.15) is 0 Å². The number of fused-ring (bicyclic) bond motifs is 1. The van der Waals surface area contributed by atoms with Crippen LogP contribution in [0, 0.1) is 34.5 Å². The molecule has 6 atom stereocenters. The van der Waals surface area contributed by atoms with E-state index >= 15 is 0 Å². The van der Waals surface area contributed by atoms with Crippen LogP contribution in [0.3, 0.4) is 0 Å². The Balaban J connectivity index is 1.81. The number of nitrogens with two attached hydrogens (primary N) is 1. The molecule has 2 saturated carbocycles. The van der Waals surface area contributed by atoms with E-state index in [0.717, 1.165) is 29.8 Å². The van der Waals surface area contributed by atoms with Gasteiger partial charge in [-0.25, -0.2) is 17.5 Å². The number of primary amides is 1. The quantitative estimate of drug-likeness (QED) is 0.215. The standard InChI is InChI=1S/C30H52N6O7S/c1-16(2)20(15-35(8)44(9,42)43)33-28(41)34-24(29(3,4)5)27(40)36-14-18-21(30(18,6)7)22(36)26(39)32-19(23(37)25(31)38)13-17-11-10-12-17/h16-22,24H,10-15H2,1-9H3,(H2,31,38)(H,32,39)(H2,33,34,41)/t18-,19?,20+,21?,22-,24+/m0/s1. The van der Waals surface area contributed by atoms with Crippen molar-refractivity contribution in [3.63, 3.8) is 0 Å². The SMILES string of the molecule is CC(C)[C@@H](CN(C)S(C)(=O)=O)NC(=O)N[C@H](C(=O)N1C[C@H]2C([C@H]1C(=O)NC(CC1CCC1)C(=O)C(N)=O)C2(C)C)C(C)(C)C. The average Bonchev–Trinajstić information content (AvgIpc) is 3.19. The molecule has 1 aliphatic heterocycles. The maximum absolute atomic E-state index is 14.2. The van der Waals surface area contributed by atoms with E-state index in [4.69, 9.17) is 5.73 Å². The molecule has 0 aromatic carbocycles. The number of piperidine rings is 1. The molecule has 250 valence electrons. The Hall–Kier alpha value is -2.74. The zero-order valence-corrected chi connectivity index (χ0v) is 28.4. The zero-order chi connectivity index (χ0) is 33.5. The number of ketones is 1. The number of hydrogen-bond acceptors (Lipinski definition) is 7. The molecule has 3 rings (SSSR count). The lowest BCUT2D eigenvalue weighted by atomic mass is 9.80. The predicted molar refractivity (Wildman–Crippen MR) is 165 cm³/mol. The number of nitrogens with one attached hydrogen (secondary N) is 3. The van der Waals surface area contributed by atoms with Crippen LogP contribution in [0.1, 0.15) is 74.1 Å². The molecule has 0 radical (unpaired) electrons. The van der Waals surface area contributed by atoms with E-state index in [2.05, 4.69) is 16.0 Å². The summed E-state index contributed by atoms with van der Waals surface area (Å²) in [5.41, 5.74) is 4.36. The summed E-state index contributed by atoms with van der Waals surface area (Å²) in [6.07, 6.45) is 4.26. The minimum atomic E-state index is -3.47. The second-order valence-electron chi connectivity index (χ2n) is 15.0. The lowest BCUT2D eigenvalue weighted by Gasteiger charge is -2.38. The number of carbonyl (C=O) groups is 5. The van der Waals surface area contributed by atoms with Crippen LogP contribution in [0.5, 0.6) is 0 Å². The van der Waals surface area contributed by atoms with Crippen molar-refractivity contribution in [3.8, 4) is 0 Å². The number of carbonyl (C=O) groups excluding carboxylic acids is 5. The van der Waals surface area contributed by atoms with Gasteiger partial charge in [0.05, 0.1) is 12.3 Å². The summed E-state index contributed by atoms with van der Waals surface area (Å²) in [5, 5.41) is 8.39. The van der Waals surface area contributed by atoms with Crippen LogP contribution in [0.4, 0.5) is 4.79 Å². The maximum atomic E-state index is 14.2. The minimum absolute atomic E-state index is 0.0525. The third-order valence-corrected chi connectivity index (χ3v) is 11.2. The summed E-state index contributed by atoms with van der Waals surface area (Å²) in [7, 11) is -2.04. The predicted octanol–water partition coefficient (Wildman–Crippen LogP) is 0.829. The van der Waals surface area contributed by atoms with Crippen LogP contribution in [-0.2, 0) is 29.2 Å². The third-order valence-electron chi connectivity index (χ3n) is 9.96. The molecule has 2 unspecified atom stereocenters. The molecule has 3 aliphatic rings. The van der Waals surface area contributed by atoms with E-state index in [1.54, 1.807) is 0 Å². The van der Waals surface area contributed by atoms with Crippen LogP contribution in [-0.4, -0.2) is 97.7 Å². The van der Waals surface area contributed by atoms with E-state index in [9.17, 15) is 32.4 Å². The fourth-order valence-corrected chi connectivity index (χ4v) is 6.96. The molecule has 1 heterocycles. The summed E-state index contributed by atoms with van der Waals surface area (Å²) in [6.45, 7) is 13.6. The molecule has 13 nitrogen and oxygen atoms in total. The van der Waals surface area contributed by atoms with Crippen molar-refractivity contribution in [2.75, 3.05) is 26.4 Å². The van der Waals surface area contributed by atoms with E-state index in [0.29, 0.717) is 13.0 Å². The number of amides is 5. The normalized spacial score (nSPS) is 25.0. The molecule has 2 aliphatic carbocycles. The van der Waals surface area contributed by atoms with Gasteiger partial charge in [0.25, 0.3) is 5.91 Å². The summed E-state index contributed by atoms with van der Waals surface area (Å²) in [5.74, 6) is -2.86. The molecule has 0 aromatic rings. The molecule has 5 amide bonds. The highest BCUT2D eigenvalue weighted by molar-refractivity contribution is 7.88. The molecular weight excluding hydrogens is 588 g/mol. The minimum Gasteiger partial charge on any atom is -0.363 e. The Bertz CT molecular complexity index is 1260. The largest absolute Gasteiger partial charge is 0.363 e. The van der Waals surface area contributed by atoms with Crippen LogP contribution in [0.25, 0.3) is 0 Å². The maximum Gasteiger partial charge on any atom is 0.315 e. The van der Waals surface area contributed by atoms with Crippen molar-refractivity contribution >= 4 is 39.6 Å². The number of urea groups is 1. The topological polar surface area (TPSA) is 188 Å². The molecule has 0 bridgehead atoms. The van der Waals surface area contributed by atoms with Crippen molar-refractivity contribution in [1.82, 2.24) is 25.2 Å². The van der Waals surface area contributed by atoms with Crippen molar-refractivity contribution in [1.29, 1.82) is 0 Å². The Kier molecular flexibility index (Phi) is 10.5. The smallest absolute Gasteiger partial charge is 0.315 e. The van der Waals surface area contributed by atoms with Gasteiger partial charge in [-0.3, -0.25) is 19.2 Å². The number of hydrogen-bond donors (Lipinski definition) is 4. The first-order valence-corrected chi connectivity index (χ1v) is 17.3. The Morgan fingerprint density at radius 3 is 2.09 bits per heavy atom. The Morgan fingerprint density at radius 1 is 1.05 bits per heavy atom. The van der Waals surface area contributed by atoms with E-state index in [1.807, 2.05) is 48.5 Å². The molecule has 3 fully saturated rings. The monoisotopic (exact) mass is 640 g/mol. The molecule has 44 heavy (non-hydrogen) atoms. The molecular formula is C30H52N6O7S. The van der Waals surface area contributed by atoms with Crippen molar-refractivity contribution in [2.45, 2.75) is 98.3 Å². The number of likely N-dealkylation sites (tertiary alicyclic amines) is 1. The van der Waals surface area contributed by atoms with Crippen LogP contribution < -0.4 is 21.7 Å². The molecule has 1 saturated heterocycles. The molecule has 0 aromatic heterocycles. The van der Waals surface area contributed by atoms with Crippen molar-refractivity contribution in [3.05, 3.63) is 0 Å². The van der Waals surface area contributed by atoms with Gasteiger partial charge in [0.2, 0.25) is 27.6 Å². The van der Waals surface area contributed by atoms with Crippen molar-refractivity contribution < 1.29 is 32.4 Å². The second-order valence-corrected chi connectivity index (χ2v) is 17.1. The van der Waals surface area contributed by atoms with Gasteiger partial charge in [0.1, 0.15) is 12.1 Å². The summed E-state index contributed by atoms with van der Waals surface area (Å²) in [6, 6.07) is -4.11. The Morgan fingerprint density at radius 2 is 1.64 bits per heavy atom. The average molecular weight is 641 g/mol. The van der Waals surface area contributed by atoms with E-state index in [1.165, 1.54) is 11.9 Å². The molecule has 14 heteroatoms. The van der Waals surface area contributed by atoms with Gasteiger partial charge in [-0.15, -0.1) is 0 Å².